The molecule has 0 bridgehead atoms. The van der Waals surface area contributed by atoms with E-state index in [1.165, 1.54) is 33.5 Å². The van der Waals surface area contributed by atoms with Crippen molar-refractivity contribution in [3.8, 4) is 34.4 Å². The summed E-state index contributed by atoms with van der Waals surface area (Å²) in [4.78, 5) is 4.68. The summed E-state index contributed by atoms with van der Waals surface area (Å²) in [5, 5.41) is 23.1. The van der Waals surface area contributed by atoms with E-state index in [1.807, 2.05) is 24.3 Å². The van der Waals surface area contributed by atoms with E-state index in [0.717, 1.165) is 23.4 Å². The number of nitrogens with zero attached hydrogens (tertiary/aromatic N) is 3. The minimum atomic E-state index is -0.616. The summed E-state index contributed by atoms with van der Waals surface area (Å²) in [7, 11) is 2.98. The third-order valence-corrected chi connectivity index (χ3v) is 6.29. The molecule has 2 N–H and O–H groups in total. The number of benzene rings is 2. The van der Waals surface area contributed by atoms with Gasteiger partial charge in [-0.15, -0.1) is 10.2 Å². The molecule has 0 saturated carbocycles. The second-order valence-electron chi connectivity index (χ2n) is 7.62. The molecule has 0 aliphatic carbocycles. The number of unbranched alkanes of at least 4 members (excludes halogenated alkanes) is 3. The van der Waals surface area contributed by atoms with Crippen LogP contribution >= 0.6 is 11.8 Å². The predicted octanol–water partition coefficient (Wildman–Crippen LogP) is 5.44. The Kier molecular flexibility index (Phi) is 7.39. The lowest BCUT2D eigenvalue weighted by Crippen LogP contribution is -2.17. The molecule has 0 unspecified atom stereocenters. The smallest absolute Gasteiger partial charge is 0.247 e. The molecule has 174 valence electrons. The molecule has 8 nitrogen and oxygen atoms in total. The first kappa shape index (κ1) is 23.0. The Balaban J connectivity index is 1.68. The van der Waals surface area contributed by atoms with Crippen LogP contribution in [-0.2, 0) is 0 Å². The number of phenolic OH excluding ortho intramolecular Hbond substituents is 1. The minimum Gasteiger partial charge on any atom is -0.502 e. The number of para-hydroxylation sites is 1. The molecule has 2 aromatic carbocycles. The van der Waals surface area contributed by atoms with Crippen molar-refractivity contribution in [2.45, 2.75) is 44.0 Å². The van der Waals surface area contributed by atoms with E-state index in [2.05, 4.69) is 27.4 Å². The molecular formula is C24H28N4O4S. The molecule has 4 rings (SSSR count). The zero-order valence-electron chi connectivity index (χ0n) is 19.0. The minimum absolute atomic E-state index is 0.0658. The molecular weight excluding hydrogens is 440 g/mol. The number of aromatic nitrogens is 3. The van der Waals surface area contributed by atoms with Crippen LogP contribution < -0.4 is 19.5 Å². The quantitative estimate of drug-likeness (QED) is 0.314. The maximum Gasteiger partial charge on any atom is 0.247 e. The fraction of sp³-hybridized carbons (Fsp3) is 0.375. The Hall–Kier alpha value is -3.20. The van der Waals surface area contributed by atoms with Crippen molar-refractivity contribution in [1.82, 2.24) is 15.2 Å². The number of phenols is 1. The highest BCUT2D eigenvalue weighted by molar-refractivity contribution is 7.99. The van der Waals surface area contributed by atoms with Crippen molar-refractivity contribution in [3.05, 3.63) is 42.0 Å². The highest BCUT2D eigenvalue weighted by Gasteiger charge is 2.27. The zero-order chi connectivity index (χ0) is 23.2. The van der Waals surface area contributed by atoms with Crippen LogP contribution in [-0.4, -0.2) is 40.3 Å². The Labute approximate surface area is 197 Å². The second kappa shape index (κ2) is 10.6. The fourth-order valence-corrected chi connectivity index (χ4v) is 4.39. The Bertz CT molecular complexity index is 1090. The predicted molar refractivity (Wildman–Crippen MR) is 128 cm³/mol. The van der Waals surface area contributed by atoms with Gasteiger partial charge in [0.05, 0.1) is 14.2 Å². The maximum absolute atomic E-state index is 10.3. The van der Waals surface area contributed by atoms with Crippen molar-refractivity contribution in [2.75, 3.05) is 25.3 Å². The summed E-state index contributed by atoms with van der Waals surface area (Å²) in [6.45, 7) is 2.20. The van der Waals surface area contributed by atoms with Crippen LogP contribution in [0.5, 0.6) is 23.1 Å². The van der Waals surface area contributed by atoms with Gasteiger partial charge in [0.25, 0.3) is 0 Å². The number of rotatable bonds is 9. The molecule has 0 fully saturated rings. The van der Waals surface area contributed by atoms with E-state index < -0.39 is 6.23 Å². The monoisotopic (exact) mass is 468 g/mol. The SMILES string of the molecule is CCCCCCSc1nnc2c(n1)O[C@H](c1cc(OC)c(O)c(OC)c1)Nc1ccccc1-2. The lowest BCUT2D eigenvalue weighted by molar-refractivity contribution is 0.223. The van der Waals surface area contributed by atoms with Crippen molar-refractivity contribution in [1.29, 1.82) is 0 Å². The molecule has 9 heteroatoms. The Morgan fingerprint density at radius 3 is 2.55 bits per heavy atom. The summed E-state index contributed by atoms with van der Waals surface area (Å²) in [5.74, 6) is 1.84. The van der Waals surface area contributed by atoms with E-state index in [0.29, 0.717) is 22.3 Å². The Morgan fingerprint density at radius 1 is 1.06 bits per heavy atom. The molecule has 1 aliphatic rings. The summed E-state index contributed by atoms with van der Waals surface area (Å²) in [6, 6.07) is 11.2. The molecule has 1 aliphatic heterocycles. The number of anilines is 1. The number of nitrogens with one attached hydrogen (secondary N) is 1. The molecule has 0 radical (unpaired) electrons. The van der Waals surface area contributed by atoms with Gasteiger partial charge in [0.2, 0.25) is 16.8 Å². The summed E-state index contributed by atoms with van der Waals surface area (Å²) >= 11 is 1.58. The van der Waals surface area contributed by atoms with Gasteiger partial charge in [-0.3, -0.25) is 0 Å². The van der Waals surface area contributed by atoms with Crippen LogP contribution in [0.4, 0.5) is 5.69 Å². The normalized spacial score (nSPS) is 14.3. The average molecular weight is 469 g/mol. The van der Waals surface area contributed by atoms with Gasteiger partial charge >= 0.3 is 0 Å². The second-order valence-corrected chi connectivity index (χ2v) is 8.68. The lowest BCUT2D eigenvalue weighted by atomic mass is 10.1. The third kappa shape index (κ3) is 5.08. The molecule has 3 aromatic rings. The number of thioether (sulfide) groups is 1. The van der Waals surface area contributed by atoms with Crippen LogP contribution in [0.1, 0.15) is 44.4 Å². The summed E-state index contributed by atoms with van der Waals surface area (Å²) in [6.07, 6.45) is 4.13. The highest BCUT2D eigenvalue weighted by atomic mass is 32.2. The summed E-state index contributed by atoms with van der Waals surface area (Å²) in [5.41, 5.74) is 2.97. The number of methoxy groups -OCH3 is 2. The molecule has 0 spiro atoms. The number of hydrogen-bond acceptors (Lipinski definition) is 9. The number of hydrogen-bond donors (Lipinski definition) is 2. The Morgan fingerprint density at radius 2 is 1.82 bits per heavy atom. The van der Waals surface area contributed by atoms with Crippen molar-refractivity contribution >= 4 is 17.4 Å². The van der Waals surface area contributed by atoms with Gasteiger partial charge in [0.15, 0.2) is 23.4 Å². The van der Waals surface area contributed by atoms with Crippen LogP contribution in [0.2, 0.25) is 0 Å². The van der Waals surface area contributed by atoms with Crippen LogP contribution in [0, 0.1) is 0 Å². The van der Waals surface area contributed by atoms with Gasteiger partial charge < -0.3 is 24.6 Å². The standard InChI is InChI=1S/C24H28N4O4S/c1-4-5-6-9-12-33-24-26-23-20(27-28-24)16-10-7-8-11-17(16)25-22(32-23)15-13-18(30-2)21(29)19(14-15)31-3/h7-8,10-11,13-14,22,25,29H,4-6,9,12H2,1-3H3/t22-/m1/s1. The van der Waals surface area contributed by atoms with Gasteiger partial charge in [0.1, 0.15) is 0 Å². The first-order chi connectivity index (χ1) is 16.1. The lowest BCUT2D eigenvalue weighted by Gasteiger charge is -2.21. The largest absolute Gasteiger partial charge is 0.502 e. The van der Waals surface area contributed by atoms with E-state index in [-0.39, 0.29) is 17.2 Å². The average Bonchev–Trinajstić information content (AvgIpc) is 3.00. The van der Waals surface area contributed by atoms with E-state index >= 15 is 0 Å². The number of aromatic hydroxyl groups is 1. The van der Waals surface area contributed by atoms with Gasteiger partial charge in [-0.25, -0.2) is 0 Å². The molecule has 0 amide bonds. The first-order valence-corrected chi connectivity index (χ1v) is 12.0. The van der Waals surface area contributed by atoms with E-state index in [4.69, 9.17) is 14.2 Å². The van der Waals surface area contributed by atoms with Crippen LogP contribution in [0.25, 0.3) is 11.3 Å². The molecule has 1 atom stereocenters. The molecule has 33 heavy (non-hydrogen) atoms. The van der Waals surface area contributed by atoms with Gasteiger partial charge in [0, 0.05) is 22.6 Å². The third-order valence-electron chi connectivity index (χ3n) is 5.37. The fourth-order valence-electron chi connectivity index (χ4n) is 3.62. The van der Waals surface area contributed by atoms with Crippen LogP contribution in [0.15, 0.2) is 41.6 Å². The molecule has 1 aromatic heterocycles. The van der Waals surface area contributed by atoms with Crippen molar-refractivity contribution < 1.29 is 19.3 Å². The van der Waals surface area contributed by atoms with Gasteiger partial charge in [-0.05, 0) is 24.6 Å². The number of ether oxygens (including phenoxy) is 3. The summed E-state index contributed by atoms with van der Waals surface area (Å²) < 4.78 is 17.0. The molecule has 0 saturated heterocycles. The highest BCUT2D eigenvalue weighted by Crippen LogP contribution is 2.43. The van der Waals surface area contributed by atoms with Crippen LogP contribution in [0.3, 0.4) is 0 Å². The van der Waals surface area contributed by atoms with Gasteiger partial charge in [-0.2, -0.15) is 4.98 Å². The topological polar surface area (TPSA) is 98.6 Å². The van der Waals surface area contributed by atoms with Crippen molar-refractivity contribution in [3.63, 3.8) is 0 Å². The van der Waals surface area contributed by atoms with Gasteiger partial charge in [-0.1, -0.05) is 56.1 Å². The van der Waals surface area contributed by atoms with E-state index in [1.54, 1.807) is 23.9 Å². The molecule has 2 heterocycles. The van der Waals surface area contributed by atoms with Crippen molar-refractivity contribution in [2.24, 2.45) is 0 Å². The first-order valence-electron chi connectivity index (χ1n) is 11.0. The zero-order valence-corrected chi connectivity index (χ0v) is 19.8. The maximum atomic E-state index is 10.3. The van der Waals surface area contributed by atoms with E-state index in [9.17, 15) is 5.11 Å². The number of fused-ring (bicyclic) bond motifs is 3.